The summed E-state index contributed by atoms with van der Waals surface area (Å²) in [4.78, 5) is 0. The Morgan fingerprint density at radius 1 is 1.11 bits per heavy atom. The molecule has 94 valence electrons. The van der Waals surface area contributed by atoms with Gasteiger partial charge in [0.25, 0.3) is 0 Å². The fraction of sp³-hybridized carbons (Fsp3) is 0.0769. The maximum Gasteiger partial charge on any atom is 0.166 e. The van der Waals surface area contributed by atoms with Crippen molar-refractivity contribution < 1.29 is 13.5 Å². The molecule has 2 N–H and O–H groups in total. The number of ether oxygens (including phenoxy) is 1. The predicted molar refractivity (Wildman–Crippen MR) is 68.5 cm³/mol. The predicted octanol–water partition coefficient (Wildman–Crippen LogP) is 3.98. The maximum absolute atomic E-state index is 13.6. The van der Waals surface area contributed by atoms with Crippen LogP contribution in [0.3, 0.4) is 0 Å². The second-order valence-electron chi connectivity index (χ2n) is 3.68. The van der Waals surface area contributed by atoms with Gasteiger partial charge in [-0.3, -0.25) is 0 Å². The van der Waals surface area contributed by atoms with Crippen LogP contribution in [0.4, 0.5) is 8.78 Å². The minimum Gasteiger partial charge on any atom is -0.454 e. The number of halogens is 3. The van der Waals surface area contributed by atoms with Crippen molar-refractivity contribution >= 4 is 15.9 Å². The van der Waals surface area contributed by atoms with E-state index in [-0.39, 0.29) is 18.0 Å². The zero-order valence-electron chi connectivity index (χ0n) is 9.29. The third-order valence-electron chi connectivity index (χ3n) is 2.30. The van der Waals surface area contributed by atoms with E-state index in [1.165, 1.54) is 24.3 Å². The third kappa shape index (κ3) is 3.05. The van der Waals surface area contributed by atoms with Gasteiger partial charge in [0.05, 0.1) is 0 Å². The van der Waals surface area contributed by atoms with Gasteiger partial charge >= 0.3 is 0 Å². The van der Waals surface area contributed by atoms with Crippen LogP contribution in [-0.4, -0.2) is 0 Å². The fourth-order valence-corrected chi connectivity index (χ4v) is 1.91. The van der Waals surface area contributed by atoms with Crippen molar-refractivity contribution in [1.29, 1.82) is 0 Å². The van der Waals surface area contributed by atoms with Crippen LogP contribution in [0.5, 0.6) is 11.5 Å². The monoisotopic (exact) mass is 313 g/mol. The minimum absolute atomic E-state index is 0.0321. The van der Waals surface area contributed by atoms with Gasteiger partial charge in [-0.15, -0.1) is 0 Å². The largest absolute Gasteiger partial charge is 0.454 e. The van der Waals surface area contributed by atoms with Gasteiger partial charge in [0.15, 0.2) is 11.6 Å². The van der Waals surface area contributed by atoms with Crippen LogP contribution in [0, 0.1) is 11.6 Å². The van der Waals surface area contributed by atoms with Gasteiger partial charge in [-0.05, 0) is 29.8 Å². The van der Waals surface area contributed by atoms with Crippen LogP contribution in [-0.2, 0) is 6.54 Å². The van der Waals surface area contributed by atoms with Crippen molar-refractivity contribution in [3.63, 3.8) is 0 Å². The van der Waals surface area contributed by atoms with Crippen LogP contribution in [0.25, 0.3) is 0 Å². The van der Waals surface area contributed by atoms with E-state index in [1.54, 1.807) is 12.1 Å². The average Bonchev–Trinajstić information content (AvgIpc) is 2.30. The molecule has 0 radical (unpaired) electrons. The second-order valence-corrected chi connectivity index (χ2v) is 4.59. The van der Waals surface area contributed by atoms with Gasteiger partial charge in [0, 0.05) is 17.1 Å². The molecular weight excluding hydrogens is 304 g/mol. The highest BCUT2D eigenvalue weighted by Gasteiger charge is 2.07. The van der Waals surface area contributed by atoms with E-state index in [4.69, 9.17) is 10.5 Å². The molecule has 0 unspecified atom stereocenters. The lowest BCUT2D eigenvalue weighted by Crippen LogP contribution is -1.97. The Morgan fingerprint density at radius 2 is 1.89 bits per heavy atom. The summed E-state index contributed by atoms with van der Waals surface area (Å²) in [6.07, 6.45) is 0. The smallest absolute Gasteiger partial charge is 0.166 e. The average molecular weight is 314 g/mol. The van der Waals surface area contributed by atoms with Crippen molar-refractivity contribution in [3.05, 3.63) is 58.1 Å². The number of hydrogen-bond donors (Lipinski definition) is 1. The van der Waals surface area contributed by atoms with Gasteiger partial charge in [0.1, 0.15) is 11.6 Å². The molecule has 0 saturated carbocycles. The SMILES string of the molecule is NCc1ccc(Oc2cc(F)cc(Br)c2)c(F)c1. The fourth-order valence-electron chi connectivity index (χ4n) is 1.47. The first-order valence-corrected chi connectivity index (χ1v) is 6.00. The first-order valence-electron chi connectivity index (χ1n) is 5.21. The summed E-state index contributed by atoms with van der Waals surface area (Å²) in [5, 5.41) is 0. The maximum atomic E-state index is 13.6. The molecule has 0 spiro atoms. The van der Waals surface area contributed by atoms with Crippen molar-refractivity contribution in [1.82, 2.24) is 0 Å². The first kappa shape index (κ1) is 13.0. The summed E-state index contributed by atoms with van der Waals surface area (Å²) in [7, 11) is 0. The van der Waals surface area contributed by atoms with Crippen LogP contribution >= 0.6 is 15.9 Å². The van der Waals surface area contributed by atoms with Crippen molar-refractivity contribution in [2.75, 3.05) is 0 Å². The Hall–Kier alpha value is -1.46. The molecule has 2 aromatic rings. The van der Waals surface area contributed by atoms with Gasteiger partial charge in [-0.25, -0.2) is 8.78 Å². The molecule has 0 aliphatic rings. The van der Waals surface area contributed by atoms with Crippen LogP contribution < -0.4 is 10.5 Å². The Kier molecular flexibility index (Phi) is 3.93. The van der Waals surface area contributed by atoms with E-state index >= 15 is 0 Å². The zero-order valence-corrected chi connectivity index (χ0v) is 10.9. The summed E-state index contributed by atoms with van der Waals surface area (Å²) in [5.41, 5.74) is 6.06. The second kappa shape index (κ2) is 5.46. The first-order chi connectivity index (χ1) is 8.58. The van der Waals surface area contributed by atoms with Gasteiger partial charge in [0.2, 0.25) is 0 Å². The lowest BCUT2D eigenvalue weighted by Gasteiger charge is -2.08. The highest BCUT2D eigenvalue weighted by Crippen LogP contribution is 2.28. The van der Waals surface area contributed by atoms with E-state index in [9.17, 15) is 8.78 Å². The summed E-state index contributed by atoms with van der Waals surface area (Å²) >= 11 is 3.14. The molecular formula is C13H10BrF2NO. The van der Waals surface area contributed by atoms with E-state index in [1.807, 2.05) is 0 Å². The zero-order chi connectivity index (χ0) is 13.1. The Bertz CT molecular complexity index is 555. The molecule has 2 aromatic carbocycles. The Balaban J connectivity index is 2.28. The molecule has 0 aromatic heterocycles. The summed E-state index contributed by atoms with van der Waals surface area (Å²) in [6.45, 7) is 0.253. The summed E-state index contributed by atoms with van der Waals surface area (Å²) in [5.74, 6) is -0.734. The van der Waals surface area contributed by atoms with E-state index in [0.717, 1.165) is 0 Å². The quantitative estimate of drug-likeness (QED) is 0.930. The van der Waals surface area contributed by atoms with Crippen LogP contribution in [0.2, 0.25) is 0 Å². The summed E-state index contributed by atoms with van der Waals surface area (Å²) < 4.78 is 32.6. The highest BCUT2D eigenvalue weighted by atomic mass is 79.9. The molecule has 0 saturated heterocycles. The van der Waals surface area contributed by atoms with Gasteiger partial charge in [-0.1, -0.05) is 22.0 Å². The minimum atomic E-state index is -0.529. The molecule has 0 aliphatic carbocycles. The van der Waals surface area contributed by atoms with Gasteiger partial charge in [-0.2, -0.15) is 0 Å². The normalized spacial score (nSPS) is 10.4. The Morgan fingerprint density at radius 3 is 2.50 bits per heavy atom. The van der Waals surface area contributed by atoms with E-state index in [0.29, 0.717) is 10.0 Å². The molecule has 2 nitrogen and oxygen atoms in total. The number of nitrogens with two attached hydrogens (primary N) is 1. The lowest BCUT2D eigenvalue weighted by atomic mass is 10.2. The molecule has 0 fully saturated rings. The van der Waals surface area contributed by atoms with E-state index < -0.39 is 11.6 Å². The molecule has 0 aliphatic heterocycles. The standard InChI is InChI=1S/C13H10BrF2NO/c14-9-4-10(15)6-11(5-9)18-13-2-1-8(7-17)3-12(13)16/h1-6H,7,17H2. The van der Waals surface area contributed by atoms with Crippen molar-refractivity contribution in [2.24, 2.45) is 5.73 Å². The highest BCUT2D eigenvalue weighted by molar-refractivity contribution is 9.10. The van der Waals surface area contributed by atoms with Gasteiger partial charge < -0.3 is 10.5 Å². The number of benzene rings is 2. The van der Waals surface area contributed by atoms with Crippen LogP contribution in [0.15, 0.2) is 40.9 Å². The molecule has 18 heavy (non-hydrogen) atoms. The molecule has 0 bridgehead atoms. The molecule has 5 heteroatoms. The molecule has 0 amide bonds. The number of rotatable bonds is 3. The third-order valence-corrected chi connectivity index (χ3v) is 2.75. The van der Waals surface area contributed by atoms with Crippen molar-refractivity contribution in [2.45, 2.75) is 6.54 Å². The Labute approximate surface area is 112 Å². The van der Waals surface area contributed by atoms with Crippen molar-refractivity contribution in [3.8, 4) is 11.5 Å². The molecule has 2 rings (SSSR count). The number of hydrogen-bond acceptors (Lipinski definition) is 2. The lowest BCUT2D eigenvalue weighted by molar-refractivity contribution is 0.438. The van der Waals surface area contributed by atoms with E-state index in [2.05, 4.69) is 15.9 Å². The molecule has 0 atom stereocenters. The topological polar surface area (TPSA) is 35.2 Å². The molecule has 0 heterocycles. The van der Waals surface area contributed by atoms with Crippen LogP contribution in [0.1, 0.15) is 5.56 Å². The summed E-state index contributed by atoms with van der Waals surface area (Å²) in [6, 6.07) is 8.45.